The van der Waals surface area contributed by atoms with Crippen molar-refractivity contribution in [2.45, 2.75) is 33.2 Å². The van der Waals surface area contributed by atoms with Gasteiger partial charge in [0.25, 0.3) is 0 Å². The fourth-order valence-corrected chi connectivity index (χ4v) is 3.06. The van der Waals surface area contributed by atoms with Gasteiger partial charge in [0, 0.05) is 37.2 Å². The van der Waals surface area contributed by atoms with E-state index in [2.05, 4.69) is 49.2 Å². The van der Waals surface area contributed by atoms with Crippen LogP contribution in [0.4, 0.5) is 0 Å². The first-order chi connectivity index (χ1) is 9.13. The van der Waals surface area contributed by atoms with Crippen molar-refractivity contribution in [3.8, 4) is 0 Å². The molecular weight excluding hydrogens is 327 g/mol. The van der Waals surface area contributed by atoms with Crippen LogP contribution in [-0.2, 0) is 0 Å². The van der Waals surface area contributed by atoms with E-state index in [1.807, 2.05) is 0 Å². The molecule has 1 aromatic rings. The van der Waals surface area contributed by atoms with Crippen LogP contribution in [0.25, 0.3) is 0 Å². The summed E-state index contributed by atoms with van der Waals surface area (Å²) in [5.41, 5.74) is 2.53. The average Bonchev–Trinajstić information content (AvgIpc) is 2.44. The van der Waals surface area contributed by atoms with E-state index in [9.17, 15) is 0 Å². The van der Waals surface area contributed by atoms with Crippen molar-refractivity contribution in [3.63, 3.8) is 0 Å². The van der Waals surface area contributed by atoms with Crippen LogP contribution < -0.4 is 5.32 Å². The van der Waals surface area contributed by atoms with Gasteiger partial charge in [-0.05, 0) is 30.0 Å². The molecule has 1 aliphatic heterocycles. The lowest BCUT2D eigenvalue weighted by molar-refractivity contribution is 0.128. The molecule has 0 saturated carbocycles. The largest absolute Gasteiger partial charge is 0.314 e. The number of nitrogens with zero attached hydrogens (tertiary/aromatic N) is 1. The van der Waals surface area contributed by atoms with Gasteiger partial charge in [-0.1, -0.05) is 44.0 Å². The van der Waals surface area contributed by atoms with Gasteiger partial charge in [-0.3, -0.25) is 4.90 Å². The lowest BCUT2D eigenvalue weighted by Crippen LogP contribution is -2.46. The summed E-state index contributed by atoms with van der Waals surface area (Å²) in [5, 5.41) is 4.32. The summed E-state index contributed by atoms with van der Waals surface area (Å²) in [6, 6.07) is 7.05. The zero-order valence-electron chi connectivity index (χ0n) is 13.1. The Hall–Kier alpha value is 0.01000. The summed E-state index contributed by atoms with van der Waals surface area (Å²) in [4.78, 5) is 2.60. The Morgan fingerprint density at radius 3 is 2.38 bits per heavy atom. The van der Waals surface area contributed by atoms with E-state index in [0.717, 1.165) is 36.8 Å². The van der Waals surface area contributed by atoms with Gasteiger partial charge in [0.05, 0.1) is 0 Å². The van der Waals surface area contributed by atoms with Crippen LogP contribution in [0.2, 0.25) is 5.02 Å². The molecule has 5 heteroatoms. The van der Waals surface area contributed by atoms with Crippen LogP contribution in [0.1, 0.15) is 37.4 Å². The Bertz CT molecular complexity index is 420. The predicted molar refractivity (Wildman–Crippen MR) is 97.3 cm³/mol. The van der Waals surface area contributed by atoms with E-state index in [-0.39, 0.29) is 24.8 Å². The standard InChI is InChI=1S/C16H25ClN2.2ClH/c1-4-12(2)16(19-9-7-18-8-10-19)14-6-5-13(3)15(17)11-14;;/h5-6,11-12,16,18H,4,7-10H2,1-3H3;2*1H/t12?,16-;;/m0../s1. The number of rotatable bonds is 4. The number of hydrogen-bond donors (Lipinski definition) is 1. The van der Waals surface area contributed by atoms with Crippen molar-refractivity contribution >= 4 is 36.4 Å². The van der Waals surface area contributed by atoms with Gasteiger partial charge in [-0.2, -0.15) is 0 Å². The molecule has 1 aliphatic rings. The van der Waals surface area contributed by atoms with Gasteiger partial charge < -0.3 is 5.32 Å². The molecular formula is C16H27Cl3N2. The van der Waals surface area contributed by atoms with Gasteiger partial charge in [0.15, 0.2) is 0 Å². The monoisotopic (exact) mass is 352 g/mol. The number of nitrogens with one attached hydrogen (secondary N) is 1. The smallest absolute Gasteiger partial charge is 0.0438 e. The van der Waals surface area contributed by atoms with Gasteiger partial charge in [0.2, 0.25) is 0 Å². The fourth-order valence-electron chi connectivity index (χ4n) is 2.88. The first-order valence-corrected chi connectivity index (χ1v) is 7.72. The zero-order chi connectivity index (χ0) is 13.8. The molecule has 1 heterocycles. The highest BCUT2D eigenvalue weighted by molar-refractivity contribution is 6.31. The molecule has 0 spiro atoms. The summed E-state index contributed by atoms with van der Waals surface area (Å²) in [6.07, 6.45) is 1.19. The normalized spacial score (nSPS) is 18.3. The summed E-state index contributed by atoms with van der Waals surface area (Å²) >= 11 is 6.31. The molecule has 1 fully saturated rings. The fraction of sp³-hybridized carbons (Fsp3) is 0.625. The second-order valence-electron chi connectivity index (χ2n) is 5.62. The Morgan fingerprint density at radius 1 is 1.24 bits per heavy atom. The quantitative estimate of drug-likeness (QED) is 0.858. The predicted octanol–water partition coefficient (Wildman–Crippen LogP) is 4.48. The Morgan fingerprint density at radius 2 is 1.86 bits per heavy atom. The lowest BCUT2D eigenvalue weighted by Gasteiger charge is -2.38. The Labute approximate surface area is 146 Å². The molecule has 1 saturated heterocycles. The Balaban J connectivity index is 0.00000200. The van der Waals surface area contributed by atoms with Crippen molar-refractivity contribution in [2.24, 2.45) is 5.92 Å². The molecule has 2 rings (SSSR count). The van der Waals surface area contributed by atoms with Crippen LogP contribution in [0, 0.1) is 12.8 Å². The molecule has 2 nitrogen and oxygen atoms in total. The number of aryl methyl sites for hydroxylation is 1. The highest BCUT2D eigenvalue weighted by Gasteiger charge is 2.26. The molecule has 0 radical (unpaired) electrons. The third-order valence-corrected chi connectivity index (χ3v) is 4.67. The van der Waals surface area contributed by atoms with Crippen LogP contribution in [0.15, 0.2) is 18.2 Å². The van der Waals surface area contributed by atoms with E-state index >= 15 is 0 Å². The maximum absolute atomic E-state index is 6.31. The van der Waals surface area contributed by atoms with Gasteiger partial charge >= 0.3 is 0 Å². The highest BCUT2D eigenvalue weighted by Crippen LogP contribution is 2.33. The SMILES string of the molecule is CCC(C)[C@@H](c1ccc(C)c(Cl)c1)N1CCNCC1.Cl.Cl. The van der Waals surface area contributed by atoms with Crippen LogP contribution >= 0.6 is 36.4 Å². The molecule has 0 bridgehead atoms. The van der Waals surface area contributed by atoms with Gasteiger partial charge in [0.1, 0.15) is 0 Å². The molecule has 1 N–H and O–H groups in total. The van der Waals surface area contributed by atoms with Crippen molar-refractivity contribution in [1.82, 2.24) is 10.2 Å². The second-order valence-corrected chi connectivity index (χ2v) is 6.03. The summed E-state index contributed by atoms with van der Waals surface area (Å²) < 4.78 is 0. The van der Waals surface area contributed by atoms with Gasteiger partial charge in [-0.25, -0.2) is 0 Å². The number of hydrogen-bond acceptors (Lipinski definition) is 2. The number of benzene rings is 1. The molecule has 1 unspecified atom stereocenters. The van der Waals surface area contributed by atoms with E-state index in [4.69, 9.17) is 11.6 Å². The summed E-state index contributed by atoms with van der Waals surface area (Å²) in [5.74, 6) is 0.650. The molecule has 21 heavy (non-hydrogen) atoms. The number of piperazine rings is 1. The van der Waals surface area contributed by atoms with Crippen LogP contribution in [0.5, 0.6) is 0 Å². The first-order valence-electron chi connectivity index (χ1n) is 7.34. The van der Waals surface area contributed by atoms with Gasteiger partial charge in [-0.15, -0.1) is 24.8 Å². The van der Waals surface area contributed by atoms with Crippen molar-refractivity contribution < 1.29 is 0 Å². The van der Waals surface area contributed by atoms with Crippen LogP contribution in [-0.4, -0.2) is 31.1 Å². The van der Waals surface area contributed by atoms with Crippen molar-refractivity contribution in [3.05, 3.63) is 34.3 Å². The average molecular weight is 354 g/mol. The van der Waals surface area contributed by atoms with Crippen molar-refractivity contribution in [1.29, 1.82) is 0 Å². The van der Waals surface area contributed by atoms with Crippen molar-refractivity contribution in [2.75, 3.05) is 26.2 Å². The molecule has 1 aromatic carbocycles. The zero-order valence-corrected chi connectivity index (χ0v) is 15.5. The maximum atomic E-state index is 6.31. The van der Waals surface area contributed by atoms with Crippen LogP contribution in [0.3, 0.4) is 0 Å². The molecule has 122 valence electrons. The topological polar surface area (TPSA) is 15.3 Å². The molecule has 0 amide bonds. The molecule has 2 atom stereocenters. The Kier molecular flexibility index (Phi) is 9.92. The third-order valence-electron chi connectivity index (χ3n) is 4.27. The highest BCUT2D eigenvalue weighted by atomic mass is 35.5. The molecule has 0 aliphatic carbocycles. The third kappa shape index (κ3) is 5.30. The second kappa shape index (κ2) is 9.91. The minimum Gasteiger partial charge on any atom is -0.314 e. The van der Waals surface area contributed by atoms with E-state index < -0.39 is 0 Å². The van der Waals surface area contributed by atoms with E-state index in [1.165, 1.54) is 12.0 Å². The molecule has 0 aromatic heterocycles. The van der Waals surface area contributed by atoms with E-state index in [0.29, 0.717) is 12.0 Å². The number of halogens is 3. The van der Waals surface area contributed by atoms with E-state index in [1.54, 1.807) is 0 Å². The maximum Gasteiger partial charge on any atom is 0.0438 e. The first kappa shape index (κ1) is 21.0. The summed E-state index contributed by atoms with van der Waals surface area (Å²) in [7, 11) is 0. The minimum absolute atomic E-state index is 0. The summed E-state index contributed by atoms with van der Waals surface area (Å²) in [6.45, 7) is 11.1. The lowest BCUT2D eigenvalue weighted by atomic mass is 9.90. The minimum atomic E-state index is 0.